The predicted octanol–water partition coefficient (Wildman–Crippen LogP) is 2.22. The molecule has 9 heteroatoms. The number of carbonyl (C=O) groups excluding carboxylic acids is 1. The molecule has 0 bridgehead atoms. The smallest absolute Gasteiger partial charge is 0.326 e. The summed E-state index contributed by atoms with van der Waals surface area (Å²) in [5, 5.41) is 4.30. The van der Waals surface area contributed by atoms with Crippen LogP contribution in [-0.4, -0.2) is 33.7 Å². The van der Waals surface area contributed by atoms with Gasteiger partial charge in [-0.05, 0) is 37.1 Å². The van der Waals surface area contributed by atoms with Gasteiger partial charge in [-0.25, -0.2) is 9.78 Å². The van der Waals surface area contributed by atoms with E-state index in [0.29, 0.717) is 11.4 Å². The number of nitrogens with one attached hydrogen (secondary N) is 3. The van der Waals surface area contributed by atoms with Crippen molar-refractivity contribution in [2.24, 2.45) is 0 Å². The van der Waals surface area contributed by atoms with Gasteiger partial charge in [-0.1, -0.05) is 18.7 Å². The van der Waals surface area contributed by atoms with Gasteiger partial charge in [-0.3, -0.25) is 14.6 Å². The van der Waals surface area contributed by atoms with Crippen molar-refractivity contribution in [3.8, 4) is 5.75 Å². The lowest BCUT2D eigenvalue weighted by atomic mass is 10.1. The summed E-state index contributed by atoms with van der Waals surface area (Å²) in [6.07, 6.45) is 0.775. The lowest BCUT2D eigenvalue weighted by Crippen LogP contribution is -2.29. The summed E-state index contributed by atoms with van der Waals surface area (Å²) in [5.74, 6) is 0.430. The number of rotatable bonds is 6. The van der Waals surface area contributed by atoms with E-state index in [1.54, 1.807) is 14.0 Å². The number of thioether (sulfide) groups is 1. The first-order valence-electron chi connectivity index (χ1n) is 8.64. The van der Waals surface area contributed by atoms with Crippen LogP contribution in [0.3, 0.4) is 0 Å². The third kappa shape index (κ3) is 4.25. The molecular formula is C19H20N4O4S. The van der Waals surface area contributed by atoms with Gasteiger partial charge < -0.3 is 15.0 Å². The Labute approximate surface area is 164 Å². The first kappa shape index (κ1) is 19.7. The minimum atomic E-state index is -0.634. The number of hydrogen-bond acceptors (Lipinski definition) is 6. The van der Waals surface area contributed by atoms with Crippen LogP contribution in [0.2, 0.25) is 0 Å². The Morgan fingerprint density at radius 1 is 1.25 bits per heavy atom. The summed E-state index contributed by atoms with van der Waals surface area (Å²) >= 11 is 1.29. The van der Waals surface area contributed by atoms with Gasteiger partial charge in [0.05, 0.1) is 18.4 Å². The van der Waals surface area contributed by atoms with Crippen molar-refractivity contribution in [3.05, 3.63) is 56.4 Å². The SMILES string of the molecule is CCc1cc2ccc(OC)cc2nc1SCC(=O)Nc1c(C)[nH]c(=O)[nH]c1=O. The van der Waals surface area contributed by atoms with Crippen molar-refractivity contribution in [1.82, 2.24) is 15.0 Å². The first-order valence-corrected chi connectivity index (χ1v) is 9.63. The number of methoxy groups -OCH3 is 1. The molecule has 3 N–H and O–H groups in total. The zero-order chi connectivity index (χ0) is 20.3. The van der Waals surface area contributed by atoms with E-state index < -0.39 is 11.2 Å². The fourth-order valence-corrected chi connectivity index (χ4v) is 3.63. The fourth-order valence-electron chi connectivity index (χ4n) is 2.74. The molecule has 0 fully saturated rings. The zero-order valence-corrected chi connectivity index (χ0v) is 16.5. The molecule has 1 aromatic carbocycles. The summed E-state index contributed by atoms with van der Waals surface area (Å²) < 4.78 is 5.25. The largest absolute Gasteiger partial charge is 0.497 e. The Bertz CT molecular complexity index is 1150. The second-order valence-electron chi connectivity index (χ2n) is 6.11. The molecule has 0 saturated heterocycles. The third-order valence-corrected chi connectivity index (χ3v) is 5.21. The van der Waals surface area contributed by atoms with Crippen molar-refractivity contribution < 1.29 is 9.53 Å². The number of hydrogen-bond donors (Lipinski definition) is 3. The Hall–Kier alpha value is -3.07. The number of benzene rings is 1. The average Bonchev–Trinajstić information content (AvgIpc) is 2.67. The van der Waals surface area contributed by atoms with Crippen LogP contribution in [0, 0.1) is 6.92 Å². The van der Waals surface area contributed by atoms with Crippen LogP contribution in [0.1, 0.15) is 18.2 Å². The number of aromatic amines is 2. The second-order valence-corrected chi connectivity index (χ2v) is 7.07. The number of anilines is 1. The monoisotopic (exact) mass is 400 g/mol. The van der Waals surface area contributed by atoms with Crippen LogP contribution in [0.25, 0.3) is 10.9 Å². The van der Waals surface area contributed by atoms with Crippen molar-refractivity contribution in [2.75, 3.05) is 18.2 Å². The van der Waals surface area contributed by atoms with Crippen molar-refractivity contribution >= 4 is 34.3 Å². The molecule has 2 heterocycles. The maximum atomic E-state index is 12.3. The number of pyridine rings is 1. The zero-order valence-electron chi connectivity index (χ0n) is 15.7. The molecule has 0 atom stereocenters. The molecule has 0 aliphatic carbocycles. The number of H-pyrrole nitrogens is 2. The molecule has 0 aliphatic heterocycles. The minimum absolute atomic E-state index is 0.0390. The molecule has 0 spiro atoms. The van der Waals surface area contributed by atoms with E-state index in [9.17, 15) is 14.4 Å². The van der Waals surface area contributed by atoms with E-state index >= 15 is 0 Å². The molecule has 2 aromatic heterocycles. The Morgan fingerprint density at radius 3 is 2.71 bits per heavy atom. The van der Waals surface area contributed by atoms with Crippen LogP contribution in [0.15, 0.2) is 38.9 Å². The number of aryl methyl sites for hydroxylation is 2. The molecule has 0 unspecified atom stereocenters. The minimum Gasteiger partial charge on any atom is -0.497 e. The Balaban J connectivity index is 1.79. The van der Waals surface area contributed by atoms with Crippen molar-refractivity contribution in [1.29, 1.82) is 0 Å². The number of ether oxygens (including phenoxy) is 1. The number of amides is 1. The van der Waals surface area contributed by atoms with Gasteiger partial charge in [0.25, 0.3) is 5.56 Å². The van der Waals surface area contributed by atoms with E-state index in [1.165, 1.54) is 11.8 Å². The fraction of sp³-hybridized carbons (Fsp3) is 0.263. The highest BCUT2D eigenvalue weighted by Crippen LogP contribution is 2.27. The van der Waals surface area contributed by atoms with Gasteiger partial charge in [0, 0.05) is 17.1 Å². The van der Waals surface area contributed by atoms with Gasteiger partial charge in [0.1, 0.15) is 16.5 Å². The van der Waals surface area contributed by atoms with Crippen LogP contribution in [0.5, 0.6) is 5.75 Å². The molecule has 8 nitrogen and oxygen atoms in total. The summed E-state index contributed by atoms with van der Waals surface area (Å²) in [6.45, 7) is 3.58. The molecule has 28 heavy (non-hydrogen) atoms. The van der Waals surface area contributed by atoms with Gasteiger partial charge in [0.2, 0.25) is 5.91 Å². The summed E-state index contributed by atoms with van der Waals surface area (Å²) in [6, 6.07) is 7.74. The lowest BCUT2D eigenvalue weighted by Gasteiger charge is -2.10. The van der Waals surface area contributed by atoms with E-state index in [-0.39, 0.29) is 17.3 Å². The Morgan fingerprint density at radius 2 is 2.04 bits per heavy atom. The molecule has 3 aromatic rings. The molecule has 0 saturated carbocycles. The molecule has 0 aliphatic rings. The quantitative estimate of drug-likeness (QED) is 0.546. The number of fused-ring (bicyclic) bond motifs is 1. The third-order valence-electron chi connectivity index (χ3n) is 4.18. The molecule has 1 amide bonds. The molecular weight excluding hydrogens is 380 g/mol. The van der Waals surface area contributed by atoms with E-state index in [1.807, 2.05) is 25.1 Å². The van der Waals surface area contributed by atoms with Gasteiger partial charge in [-0.2, -0.15) is 0 Å². The van der Waals surface area contributed by atoms with Crippen molar-refractivity contribution in [2.45, 2.75) is 25.3 Å². The van der Waals surface area contributed by atoms with Crippen LogP contribution >= 0.6 is 11.8 Å². The number of carbonyl (C=O) groups is 1. The van der Waals surface area contributed by atoms with Gasteiger partial charge in [0.15, 0.2) is 0 Å². The summed E-state index contributed by atoms with van der Waals surface area (Å²) in [5.41, 5.74) is 0.915. The van der Waals surface area contributed by atoms with Gasteiger partial charge in [-0.15, -0.1) is 0 Å². The highest BCUT2D eigenvalue weighted by Gasteiger charge is 2.13. The molecule has 0 radical (unpaired) electrons. The maximum Gasteiger partial charge on any atom is 0.326 e. The standard InChI is InChI=1S/C19H20N4O4S/c1-4-11-7-12-5-6-13(27-3)8-14(12)21-18(11)28-9-15(24)22-16-10(2)20-19(26)23-17(16)25/h5-8H,4,9H2,1-3H3,(H,22,24)(H2,20,23,25,26). The van der Waals surface area contributed by atoms with Crippen LogP contribution < -0.4 is 21.3 Å². The molecule has 146 valence electrons. The highest BCUT2D eigenvalue weighted by atomic mass is 32.2. The average molecular weight is 400 g/mol. The summed E-state index contributed by atoms with van der Waals surface area (Å²) in [4.78, 5) is 44.6. The van der Waals surface area contributed by atoms with Crippen molar-refractivity contribution in [3.63, 3.8) is 0 Å². The van der Waals surface area contributed by atoms with Crippen LogP contribution in [0.4, 0.5) is 5.69 Å². The van der Waals surface area contributed by atoms with E-state index in [4.69, 9.17) is 4.74 Å². The predicted molar refractivity (Wildman–Crippen MR) is 109 cm³/mol. The molecule has 3 rings (SSSR count). The first-order chi connectivity index (χ1) is 13.4. The van der Waals surface area contributed by atoms with Crippen LogP contribution in [-0.2, 0) is 11.2 Å². The topological polar surface area (TPSA) is 117 Å². The lowest BCUT2D eigenvalue weighted by molar-refractivity contribution is -0.113. The van der Waals surface area contributed by atoms with E-state index in [2.05, 4.69) is 26.3 Å². The van der Waals surface area contributed by atoms with Gasteiger partial charge >= 0.3 is 5.69 Å². The number of aromatic nitrogens is 3. The normalized spacial score (nSPS) is 10.8. The summed E-state index contributed by atoms with van der Waals surface area (Å²) in [7, 11) is 1.60. The maximum absolute atomic E-state index is 12.3. The number of nitrogens with zero attached hydrogens (tertiary/aromatic N) is 1. The van der Waals surface area contributed by atoms with E-state index in [0.717, 1.165) is 27.9 Å². The Kier molecular flexibility index (Phi) is 5.84. The highest BCUT2D eigenvalue weighted by molar-refractivity contribution is 8.00. The second kappa shape index (κ2) is 8.30.